The summed E-state index contributed by atoms with van der Waals surface area (Å²) in [7, 11) is 0. The number of aliphatic hydroxyl groups is 4. The van der Waals surface area contributed by atoms with E-state index < -0.39 is 37.1 Å². The molecule has 2 aromatic rings. The lowest BCUT2D eigenvalue weighted by Gasteiger charge is -2.37. The number of aliphatic hydroxyl groups excluding tert-OH is 4. The Bertz CT molecular complexity index is 972. The van der Waals surface area contributed by atoms with Crippen LogP contribution in [0.4, 0.5) is 0 Å². The lowest BCUT2D eigenvalue weighted by atomic mass is 9.95. The number of amides is 1. The van der Waals surface area contributed by atoms with Crippen LogP contribution in [0.15, 0.2) is 18.3 Å². The van der Waals surface area contributed by atoms with Gasteiger partial charge in [-0.1, -0.05) is 24.7 Å². The molecule has 0 bridgehead atoms. The lowest BCUT2D eigenvalue weighted by Crippen LogP contribution is -2.58. The molecular formula is C21H25N3O6. The van der Waals surface area contributed by atoms with Gasteiger partial charge in [0.15, 0.2) is 0 Å². The normalized spacial score (nSPS) is 29.5. The number of nitrogens with zero attached hydrogens (tertiary/aromatic N) is 1. The number of benzene rings is 1. The fraction of sp³-hybridized carbons (Fsp3) is 0.524. The molecule has 1 aromatic heterocycles. The van der Waals surface area contributed by atoms with Crippen molar-refractivity contribution in [2.45, 2.75) is 62.2 Å². The Labute approximate surface area is 173 Å². The number of fused-ring (bicyclic) bond motifs is 1. The lowest BCUT2D eigenvalue weighted by molar-refractivity contribution is -0.214. The summed E-state index contributed by atoms with van der Waals surface area (Å²) in [6.45, 7) is -0.523. The molecule has 1 aliphatic carbocycles. The molecule has 1 aliphatic heterocycles. The maximum atomic E-state index is 12.7. The first kappa shape index (κ1) is 20.8. The molecule has 2 fully saturated rings. The Balaban J connectivity index is 1.61. The molecule has 1 aromatic carbocycles. The molecule has 4 rings (SSSR count). The van der Waals surface area contributed by atoms with Crippen molar-refractivity contribution in [1.29, 1.82) is 0 Å². The number of nitrogens with one attached hydrogen (secondary N) is 2. The minimum Gasteiger partial charge on any atom is -0.394 e. The van der Waals surface area contributed by atoms with E-state index in [9.17, 15) is 25.2 Å². The van der Waals surface area contributed by atoms with Gasteiger partial charge < -0.3 is 30.5 Å². The number of aromatic nitrogens is 2. The summed E-state index contributed by atoms with van der Waals surface area (Å²) in [6, 6.07) is 3.56. The summed E-state index contributed by atoms with van der Waals surface area (Å²) in [5.74, 6) is 5.44. The van der Waals surface area contributed by atoms with Gasteiger partial charge in [-0.15, -0.1) is 0 Å². The average Bonchev–Trinajstić information content (AvgIpc) is 3.43. The quantitative estimate of drug-likeness (QED) is 0.368. The van der Waals surface area contributed by atoms with Crippen LogP contribution in [-0.4, -0.2) is 79.7 Å². The van der Waals surface area contributed by atoms with Gasteiger partial charge in [0.2, 0.25) is 0 Å². The second-order valence-electron chi connectivity index (χ2n) is 7.83. The summed E-state index contributed by atoms with van der Waals surface area (Å²) in [6.07, 6.45) is -0.748. The predicted octanol–water partition coefficient (Wildman–Crippen LogP) is -0.571. The maximum Gasteiger partial charge on any atom is 0.251 e. The molecule has 2 heterocycles. The molecule has 1 saturated carbocycles. The van der Waals surface area contributed by atoms with E-state index in [-0.39, 0.29) is 11.9 Å². The fourth-order valence-electron chi connectivity index (χ4n) is 4.00. The molecule has 0 radical (unpaired) electrons. The molecule has 2 aliphatic rings. The minimum absolute atomic E-state index is 0.180. The number of carbonyl (C=O) groups excluding carboxylic acids is 1. The van der Waals surface area contributed by atoms with Crippen LogP contribution in [-0.2, 0) is 4.74 Å². The van der Waals surface area contributed by atoms with Gasteiger partial charge in [-0.05, 0) is 25.0 Å². The van der Waals surface area contributed by atoms with E-state index in [0.29, 0.717) is 22.0 Å². The van der Waals surface area contributed by atoms with Crippen LogP contribution in [0.2, 0.25) is 0 Å². The van der Waals surface area contributed by atoms with Crippen LogP contribution < -0.4 is 5.32 Å². The molecule has 0 spiro atoms. The van der Waals surface area contributed by atoms with Crippen LogP contribution in [0.1, 0.15) is 41.6 Å². The zero-order chi connectivity index (χ0) is 21.3. The summed E-state index contributed by atoms with van der Waals surface area (Å²) in [4.78, 5) is 12.7. The SMILES string of the molecule is O=C(NC1CCCC1)c1cc(C#CC2OC(CO)[C@@H](O)C(O)C2O)c2[nH]ncc2c1. The van der Waals surface area contributed by atoms with Crippen molar-refractivity contribution >= 4 is 16.8 Å². The van der Waals surface area contributed by atoms with Gasteiger partial charge in [0.05, 0.1) is 23.9 Å². The number of hydrogen-bond donors (Lipinski definition) is 6. The molecule has 30 heavy (non-hydrogen) atoms. The van der Waals surface area contributed by atoms with E-state index in [1.807, 2.05) is 0 Å². The highest BCUT2D eigenvalue weighted by molar-refractivity contribution is 5.99. The van der Waals surface area contributed by atoms with E-state index in [1.54, 1.807) is 18.3 Å². The van der Waals surface area contributed by atoms with Gasteiger partial charge in [-0.2, -0.15) is 5.10 Å². The molecule has 6 N–H and O–H groups in total. The van der Waals surface area contributed by atoms with E-state index in [4.69, 9.17) is 4.74 Å². The largest absolute Gasteiger partial charge is 0.394 e. The monoisotopic (exact) mass is 415 g/mol. The Morgan fingerprint density at radius 1 is 1.20 bits per heavy atom. The van der Waals surface area contributed by atoms with Crippen LogP contribution in [0.5, 0.6) is 0 Å². The molecule has 160 valence electrons. The van der Waals surface area contributed by atoms with Crippen LogP contribution >= 0.6 is 0 Å². The van der Waals surface area contributed by atoms with Gasteiger partial charge >= 0.3 is 0 Å². The minimum atomic E-state index is -1.49. The van der Waals surface area contributed by atoms with E-state index >= 15 is 0 Å². The number of rotatable bonds is 3. The highest BCUT2D eigenvalue weighted by Gasteiger charge is 2.42. The molecule has 9 heteroatoms. The predicted molar refractivity (Wildman–Crippen MR) is 106 cm³/mol. The summed E-state index contributed by atoms with van der Waals surface area (Å²) in [5.41, 5.74) is 1.57. The molecule has 1 amide bonds. The van der Waals surface area contributed by atoms with Crippen LogP contribution in [0.25, 0.3) is 10.9 Å². The van der Waals surface area contributed by atoms with Crippen molar-refractivity contribution in [1.82, 2.24) is 15.5 Å². The molecule has 4 unspecified atom stereocenters. The Morgan fingerprint density at radius 2 is 1.97 bits per heavy atom. The van der Waals surface area contributed by atoms with E-state index in [1.165, 1.54) is 0 Å². The third-order valence-corrected chi connectivity index (χ3v) is 5.74. The van der Waals surface area contributed by atoms with Crippen LogP contribution in [0.3, 0.4) is 0 Å². The van der Waals surface area contributed by atoms with Gasteiger partial charge in [-0.3, -0.25) is 9.89 Å². The van der Waals surface area contributed by atoms with Gasteiger partial charge in [0.25, 0.3) is 5.91 Å². The fourth-order valence-corrected chi connectivity index (χ4v) is 4.00. The standard InChI is InChI=1S/C21H25N3O6/c25-10-16-19(27)20(28)18(26)15(30-16)6-5-11-7-12(8-13-9-22-24-17(11)13)21(29)23-14-3-1-2-4-14/h7-9,14-16,18-20,25-28H,1-4,10H2,(H,22,24)(H,23,29)/t15?,16?,18?,19-,20?/m1/s1. The Morgan fingerprint density at radius 3 is 2.70 bits per heavy atom. The second kappa shape index (κ2) is 8.71. The van der Waals surface area contributed by atoms with Gasteiger partial charge in [0, 0.05) is 17.0 Å². The number of hydrogen-bond acceptors (Lipinski definition) is 7. The topological polar surface area (TPSA) is 148 Å². The Hall–Kier alpha value is -2.48. The van der Waals surface area contributed by atoms with E-state index in [2.05, 4.69) is 27.4 Å². The van der Waals surface area contributed by atoms with Gasteiger partial charge in [-0.25, -0.2) is 0 Å². The van der Waals surface area contributed by atoms with Crippen molar-refractivity contribution in [3.8, 4) is 11.8 Å². The average molecular weight is 415 g/mol. The second-order valence-corrected chi connectivity index (χ2v) is 7.83. The summed E-state index contributed by atoms with van der Waals surface area (Å²) >= 11 is 0. The highest BCUT2D eigenvalue weighted by Crippen LogP contribution is 2.23. The van der Waals surface area contributed by atoms with Gasteiger partial charge in [0.1, 0.15) is 30.5 Å². The number of carbonyl (C=O) groups is 1. The zero-order valence-corrected chi connectivity index (χ0v) is 16.3. The van der Waals surface area contributed by atoms with Crippen molar-refractivity contribution in [2.75, 3.05) is 6.61 Å². The highest BCUT2D eigenvalue weighted by atomic mass is 16.5. The Kier molecular flexibility index (Phi) is 6.04. The maximum absolute atomic E-state index is 12.7. The summed E-state index contributed by atoms with van der Waals surface area (Å²) < 4.78 is 5.42. The smallest absolute Gasteiger partial charge is 0.251 e. The number of ether oxygens (including phenoxy) is 1. The summed E-state index contributed by atoms with van der Waals surface area (Å²) in [5, 5.41) is 49.9. The van der Waals surface area contributed by atoms with Crippen molar-refractivity contribution in [3.05, 3.63) is 29.5 Å². The first-order valence-corrected chi connectivity index (χ1v) is 10.1. The molecule has 1 saturated heterocycles. The third-order valence-electron chi connectivity index (χ3n) is 5.74. The molecule has 9 nitrogen and oxygen atoms in total. The number of aromatic amines is 1. The van der Waals surface area contributed by atoms with Crippen molar-refractivity contribution in [2.24, 2.45) is 0 Å². The number of H-pyrrole nitrogens is 1. The van der Waals surface area contributed by atoms with Crippen molar-refractivity contribution < 1.29 is 30.0 Å². The molecular weight excluding hydrogens is 390 g/mol. The van der Waals surface area contributed by atoms with Crippen LogP contribution in [0, 0.1) is 11.8 Å². The zero-order valence-electron chi connectivity index (χ0n) is 16.3. The molecule has 5 atom stereocenters. The first-order valence-electron chi connectivity index (χ1n) is 10.1. The van der Waals surface area contributed by atoms with Crippen molar-refractivity contribution in [3.63, 3.8) is 0 Å². The third kappa shape index (κ3) is 4.05. The van der Waals surface area contributed by atoms with E-state index in [0.717, 1.165) is 25.7 Å². The first-order chi connectivity index (χ1) is 14.5.